The van der Waals surface area contributed by atoms with Crippen LogP contribution in [-0.2, 0) is 4.79 Å². The van der Waals surface area contributed by atoms with E-state index in [0.717, 1.165) is 30.5 Å². The SMILES string of the molecule is CNc1cc(Oc2ccc(C)cc2Cl)ccn1.O=CC1CCCC1. The van der Waals surface area contributed by atoms with Gasteiger partial charge in [-0.1, -0.05) is 30.5 Å². The van der Waals surface area contributed by atoms with Crippen molar-refractivity contribution in [1.29, 1.82) is 0 Å². The molecule has 4 nitrogen and oxygen atoms in total. The molecule has 1 aromatic carbocycles. The van der Waals surface area contributed by atoms with E-state index < -0.39 is 0 Å². The maximum Gasteiger partial charge on any atom is 0.146 e. The summed E-state index contributed by atoms with van der Waals surface area (Å²) in [5.41, 5.74) is 1.10. The lowest BCUT2D eigenvalue weighted by atomic mass is 10.1. The average molecular weight is 347 g/mol. The van der Waals surface area contributed by atoms with E-state index in [1.807, 2.05) is 38.2 Å². The fourth-order valence-electron chi connectivity index (χ4n) is 2.52. The van der Waals surface area contributed by atoms with Crippen LogP contribution in [0.5, 0.6) is 11.5 Å². The number of aromatic nitrogens is 1. The molecule has 0 spiro atoms. The smallest absolute Gasteiger partial charge is 0.146 e. The molecule has 128 valence electrons. The summed E-state index contributed by atoms with van der Waals surface area (Å²) in [6.07, 6.45) is 7.59. The summed E-state index contributed by atoms with van der Waals surface area (Å²) >= 11 is 6.10. The number of aryl methyl sites for hydroxylation is 1. The Kier molecular flexibility index (Phi) is 7.07. The van der Waals surface area contributed by atoms with E-state index in [1.54, 1.807) is 12.3 Å². The van der Waals surface area contributed by atoms with Gasteiger partial charge in [-0.15, -0.1) is 0 Å². The van der Waals surface area contributed by atoms with Crippen LogP contribution in [0.15, 0.2) is 36.5 Å². The van der Waals surface area contributed by atoms with Crippen molar-refractivity contribution in [1.82, 2.24) is 4.98 Å². The quantitative estimate of drug-likeness (QED) is 0.768. The minimum Gasteiger partial charge on any atom is -0.456 e. The van der Waals surface area contributed by atoms with Gasteiger partial charge >= 0.3 is 0 Å². The average Bonchev–Trinajstić information content (AvgIpc) is 3.12. The molecule has 0 radical (unpaired) electrons. The highest BCUT2D eigenvalue weighted by molar-refractivity contribution is 6.32. The van der Waals surface area contributed by atoms with E-state index in [-0.39, 0.29) is 0 Å². The number of pyridine rings is 1. The maximum atomic E-state index is 10.0. The Hall–Kier alpha value is -2.07. The Balaban J connectivity index is 0.000000249. The molecule has 1 aliphatic rings. The van der Waals surface area contributed by atoms with E-state index in [0.29, 0.717) is 22.4 Å². The van der Waals surface area contributed by atoms with Crippen LogP contribution < -0.4 is 10.1 Å². The molecule has 0 bridgehead atoms. The highest BCUT2D eigenvalue weighted by Crippen LogP contribution is 2.30. The number of hydrogen-bond acceptors (Lipinski definition) is 4. The van der Waals surface area contributed by atoms with Gasteiger partial charge in [-0.05, 0) is 43.5 Å². The van der Waals surface area contributed by atoms with E-state index >= 15 is 0 Å². The number of halogens is 1. The Morgan fingerprint density at radius 3 is 2.58 bits per heavy atom. The van der Waals surface area contributed by atoms with E-state index in [1.165, 1.54) is 12.8 Å². The molecule has 24 heavy (non-hydrogen) atoms. The van der Waals surface area contributed by atoms with Crippen LogP contribution in [0.2, 0.25) is 5.02 Å². The van der Waals surface area contributed by atoms with Crippen molar-refractivity contribution < 1.29 is 9.53 Å². The van der Waals surface area contributed by atoms with Gasteiger partial charge in [0.2, 0.25) is 0 Å². The van der Waals surface area contributed by atoms with Gasteiger partial charge in [0.05, 0.1) is 5.02 Å². The molecule has 0 saturated heterocycles. The van der Waals surface area contributed by atoms with E-state index in [9.17, 15) is 4.79 Å². The monoisotopic (exact) mass is 346 g/mol. The first-order valence-corrected chi connectivity index (χ1v) is 8.53. The Morgan fingerprint density at radius 1 is 1.25 bits per heavy atom. The molecular weight excluding hydrogens is 324 g/mol. The minimum atomic E-state index is 0.417. The van der Waals surface area contributed by atoms with Gasteiger partial charge in [0.15, 0.2) is 0 Å². The number of carbonyl (C=O) groups excluding carboxylic acids is 1. The second kappa shape index (κ2) is 9.28. The van der Waals surface area contributed by atoms with Crippen LogP contribution in [0, 0.1) is 12.8 Å². The second-order valence-electron chi connectivity index (χ2n) is 5.84. The number of anilines is 1. The maximum absolute atomic E-state index is 10.0. The van der Waals surface area contributed by atoms with Crippen LogP contribution in [0.1, 0.15) is 31.2 Å². The summed E-state index contributed by atoms with van der Waals surface area (Å²) in [6, 6.07) is 9.29. The number of nitrogens with zero attached hydrogens (tertiary/aromatic N) is 1. The summed E-state index contributed by atoms with van der Waals surface area (Å²) in [4.78, 5) is 14.1. The van der Waals surface area contributed by atoms with Crippen molar-refractivity contribution in [2.45, 2.75) is 32.6 Å². The van der Waals surface area contributed by atoms with Crippen molar-refractivity contribution in [3.05, 3.63) is 47.1 Å². The molecule has 0 amide bonds. The Labute approximate surface area is 148 Å². The molecule has 1 N–H and O–H groups in total. The predicted molar refractivity (Wildman–Crippen MR) is 98.1 cm³/mol. The van der Waals surface area contributed by atoms with Gasteiger partial charge in [0.1, 0.15) is 23.6 Å². The molecule has 0 aliphatic heterocycles. The molecule has 5 heteroatoms. The number of nitrogens with one attached hydrogen (secondary N) is 1. The third-order valence-corrected chi connectivity index (χ3v) is 4.19. The fraction of sp³-hybridized carbons (Fsp3) is 0.368. The molecule has 1 aliphatic carbocycles. The molecule has 0 atom stereocenters. The van der Waals surface area contributed by atoms with Gasteiger partial charge in [0.25, 0.3) is 0 Å². The molecule has 0 unspecified atom stereocenters. The summed E-state index contributed by atoms with van der Waals surface area (Å²) in [5.74, 6) is 2.52. The summed E-state index contributed by atoms with van der Waals surface area (Å²) in [5, 5.41) is 3.56. The number of hydrogen-bond donors (Lipinski definition) is 1. The summed E-state index contributed by atoms with van der Waals surface area (Å²) in [7, 11) is 1.81. The van der Waals surface area contributed by atoms with Gasteiger partial charge in [-0.2, -0.15) is 0 Å². The predicted octanol–water partition coefficient (Wildman–Crippen LogP) is 5.25. The Bertz CT molecular complexity index is 670. The van der Waals surface area contributed by atoms with Crippen molar-refractivity contribution in [2.24, 2.45) is 5.92 Å². The summed E-state index contributed by atoms with van der Waals surface area (Å²) in [6.45, 7) is 1.99. The third-order valence-electron chi connectivity index (χ3n) is 3.90. The van der Waals surface area contributed by atoms with E-state index in [2.05, 4.69) is 10.3 Å². The molecule has 2 aromatic rings. The zero-order chi connectivity index (χ0) is 17.4. The van der Waals surface area contributed by atoms with E-state index in [4.69, 9.17) is 16.3 Å². The zero-order valence-electron chi connectivity index (χ0n) is 14.1. The molecular formula is C19H23ClN2O2. The van der Waals surface area contributed by atoms with Crippen molar-refractivity contribution >= 4 is 23.7 Å². The number of ether oxygens (including phenoxy) is 1. The molecule has 1 fully saturated rings. The lowest BCUT2D eigenvalue weighted by molar-refractivity contribution is -0.110. The van der Waals surface area contributed by atoms with Gasteiger partial charge in [-0.25, -0.2) is 4.98 Å². The fourth-order valence-corrected chi connectivity index (χ4v) is 2.79. The Morgan fingerprint density at radius 2 is 2.00 bits per heavy atom. The first-order chi connectivity index (χ1) is 11.6. The van der Waals surface area contributed by atoms with Crippen LogP contribution in [0.25, 0.3) is 0 Å². The highest BCUT2D eigenvalue weighted by atomic mass is 35.5. The topological polar surface area (TPSA) is 51.2 Å². The number of carbonyl (C=O) groups is 1. The normalized spacial score (nSPS) is 13.8. The number of rotatable bonds is 4. The molecule has 1 aromatic heterocycles. The zero-order valence-corrected chi connectivity index (χ0v) is 14.8. The number of aldehydes is 1. The lowest BCUT2D eigenvalue weighted by Crippen LogP contribution is -1.92. The van der Waals surface area contributed by atoms with Crippen LogP contribution in [0.4, 0.5) is 5.82 Å². The van der Waals surface area contributed by atoms with Gasteiger partial charge in [0, 0.05) is 25.2 Å². The van der Waals surface area contributed by atoms with Gasteiger partial charge in [-0.3, -0.25) is 0 Å². The largest absolute Gasteiger partial charge is 0.456 e. The van der Waals surface area contributed by atoms with Crippen molar-refractivity contribution in [3.8, 4) is 11.5 Å². The minimum absolute atomic E-state index is 0.417. The highest BCUT2D eigenvalue weighted by Gasteiger charge is 2.12. The standard InChI is InChI=1S/C13H13ClN2O.C6H10O/c1-9-3-4-12(11(14)7-9)17-10-5-6-16-13(8-10)15-2;7-5-6-3-1-2-4-6/h3-8H,1-2H3,(H,15,16);5-6H,1-4H2. The number of benzene rings is 1. The molecule has 3 rings (SSSR count). The summed E-state index contributed by atoms with van der Waals surface area (Å²) < 4.78 is 5.69. The first kappa shape index (κ1) is 18.3. The van der Waals surface area contributed by atoms with Crippen LogP contribution in [-0.4, -0.2) is 18.3 Å². The van der Waals surface area contributed by atoms with Crippen LogP contribution in [0.3, 0.4) is 0 Å². The second-order valence-corrected chi connectivity index (χ2v) is 6.25. The first-order valence-electron chi connectivity index (χ1n) is 8.15. The van der Waals surface area contributed by atoms with Gasteiger partial charge < -0.3 is 14.8 Å². The lowest BCUT2D eigenvalue weighted by Gasteiger charge is -2.08. The molecule has 1 heterocycles. The van der Waals surface area contributed by atoms with Crippen LogP contribution >= 0.6 is 11.6 Å². The van der Waals surface area contributed by atoms with Crippen molar-refractivity contribution in [3.63, 3.8) is 0 Å². The van der Waals surface area contributed by atoms with Crippen molar-refractivity contribution in [2.75, 3.05) is 12.4 Å². The molecule has 1 saturated carbocycles. The third kappa shape index (κ3) is 5.53.